The molecular weight excluding hydrogens is 432 g/mol. The van der Waals surface area contributed by atoms with Gasteiger partial charge in [0.05, 0.1) is 0 Å². The van der Waals surface area contributed by atoms with E-state index in [1.807, 2.05) is 30.3 Å². The highest BCUT2D eigenvalue weighted by molar-refractivity contribution is 5.88. The first-order valence-electron chi connectivity index (χ1n) is 10.6. The van der Waals surface area contributed by atoms with Gasteiger partial charge in [0, 0.05) is 23.6 Å². The molecule has 0 heterocycles. The Kier molecular flexibility index (Phi) is 6.32. The third-order valence-corrected chi connectivity index (χ3v) is 5.62. The molecule has 0 radical (unpaired) electrons. The van der Waals surface area contributed by atoms with Crippen molar-refractivity contribution in [1.82, 2.24) is 0 Å². The fraction of sp³-hybridized carbons (Fsp3) is 0.0714. The average Bonchev–Trinajstić information content (AvgIpc) is 3.14. The summed E-state index contributed by atoms with van der Waals surface area (Å²) in [5.41, 5.74) is 4.50. The zero-order chi connectivity index (χ0) is 24.2. The number of allylic oxidation sites excluding steroid dienone is 1. The molecule has 0 aromatic heterocycles. The largest absolute Gasteiger partial charge is 0.508 e. The highest BCUT2D eigenvalue weighted by Crippen LogP contribution is 2.50. The fourth-order valence-corrected chi connectivity index (χ4v) is 4.08. The summed E-state index contributed by atoms with van der Waals surface area (Å²) < 4.78 is 0. The maximum absolute atomic E-state index is 10.4. The Balaban J connectivity index is 0.000000291. The lowest BCUT2D eigenvalue weighted by atomic mass is 9.92. The molecule has 0 spiro atoms. The molecule has 1 atom stereocenters. The van der Waals surface area contributed by atoms with Crippen LogP contribution in [0.2, 0.25) is 0 Å². The van der Waals surface area contributed by atoms with Crippen LogP contribution in [0.4, 0.5) is 0 Å². The van der Waals surface area contributed by atoms with E-state index in [2.05, 4.69) is 0 Å². The summed E-state index contributed by atoms with van der Waals surface area (Å²) in [4.78, 5) is 0. The van der Waals surface area contributed by atoms with Crippen LogP contribution in [0.3, 0.4) is 0 Å². The van der Waals surface area contributed by atoms with Gasteiger partial charge in [0.1, 0.15) is 34.5 Å². The van der Waals surface area contributed by atoms with Gasteiger partial charge in [-0.2, -0.15) is 0 Å². The van der Waals surface area contributed by atoms with Crippen molar-refractivity contribution in [2.24, 2.45) is 0 Å². The molecule has 172 valence electrons. The van der Waals surface area contributed by atoms with Gasteiger partial charge in [0.25, 0.3) is 0 Å². The van der Waals surface area contributed by atoms with E-state index in [1.165, 1.54) is 24.3 Å². The number of phenols is 6. The summed E-state index contributed by atoms with van der Waals surface area (Å²) >= 11 is 0. The molecule has 0 fully saturated rings. The molecule has 1 aliphatic rings. The Morgan fingerprint density at radius 1 is 0.588 bits per heavy atom. The Morgan fingerprint density at radius 2 is 1.18 bits per heavy atom. The van der Waals surface area contributed by atoms with E-state index >= 15 is 0 Å². The fourth-order valence-electron chi connectivity index (χ4n) is 4.08. The van der Waals surface area contributed by atoms with Crippen molar-refractivity contribution >= 4 is 11.6 Å². The first-order chi connectivity index (χ1) is 16.3. The van der Waals surface area contributed by atoms with Crippen LogP contribution >= 0.6 is 0 Å². The topological polar surface area (TPSA) is 121 Å². The Morgan fingerprint density at radius 3 is 1.74 bits per heavy atom. The first kappa shape index (κ1) is 22.6. The van der Waals surface area contributed by atoms with Crippen LogP contribution in [0.25, 0.3) is 11.6 Å². The highest BCUT2D eigenvalue weighted by Gasteiger charge is 2.31. The Hall–Kier alpha value is -4.58. The standard InChI is InChI=1S/C22H18O4.C6H6O2/c23-16-5-1-13(2-6-16)9-15-10-19(14-3-7-17(24)8-4-14)22-20(15)11-18(25)12-21(22)26;7-5-2-1-3-6(8)4-5/h1-9,11-12,19,23-26H,10H2;1-4,7-8H/b15-9+;/t19-;/m1./s1. The second-order valence-electron chi connectivity index (χ2n) is 8.06. The number of hydrogen-bond donors (Lipinski definition) is 6. The van der Waals surface area contributed by atoms with Gasteiger partial charge in [0.2, 0.25) is 0 Å². The molecule has 5 rings (SSSR count). The second-order valence-corrected chi connectivity index (χ2v) is 8.06. The summed E-state index contributed by atoms with van der Waals surface area (Å²) in [5, 5.41) is 56.7. The van der Waals surface area contributed by atoms with Crippen molar-refractivity contribution in [3.63, 3.8) is 0 Å². The quantitative estimate of drug-likeness (QED) is 0.231. The minimum atomic E-state index is -0.0606. The lowest BCUT2D eigenvalue weighted by Gasteiger charge is -2.13. The van der Waals surface area contributed by atoms with Crippen molar-refractivity contribution < 1.29 is 30.6 Å². The van der Waals surface area contributed by atoms with Gasteiger partial charge in [0.15, 0.2) is 0 Å². The van der Waals surface area contributed by atoms with Crippen LogP contribution in [0.5, 0.6) is 34.5 Å². The van der Waals surface area contributed by atoms with Crippen molar-refractivity contribution in [3.8, 4) is 34.5 Å². The van der Waals surface area contributed by atoms with Crippen LogP contribution in [0, 0.1) is 0 Å². The molecule has 0 saturated carbocycles. The van der Waals surface area contributed by atoms with Crippen LogP contribution in [-0.2, 0) is 0 Å². The molecule has 6 heteroatoms. The minimum Gasteiger partial charge on any atom is -0.508 e. The summed E-state index contributed by atoms with van der Waals surface area (Å²) in [5.74, 6) is 0.596. The summed E-state index contributed by atoms with van der Waals surface area (Å²) in [6.07, 6.45) is 2.66. The van der Waals surface area contributed by atoms with Gasteiger partial charge in [-0.3, -0.25) is 0 Å². The highest BCUT2D eigenvalue weighted by atomic mass is 16.3. The molecule has 1 aliphatic carbocycles. The molecule has 6 N–H and O–H groups in total. The smallest absolute Gasteiger partial charge is 0.123 e. The minimum absolute atomic E-state index is 0.0178. The predicted octanol–water partition coefficient (Wildman–Crippen LogP) is 5.68. The van der Waals surface area contributed by atoms with Gasteiger partial charge in [-0.15, -0.1) is 0 Å². The first-order valence-corrected chi connectivity index (χ1v) is 10.6. The van der Waals surface area contributed by atoms with Gasteiger partial charge >= 0.3 is 0 Å². The molecule has 0 bridgehead atoms. The molecular formula is C28H24O6. The normalized spacial score (nSPS) is 15.4. The predicted molar refractivity (Wildman–Crippen MR) is 130 cm³/mol. The van der Waals surface area contributed by atoms with Gasteiger partial charge < -0.3 is 30.6 Å². The van der Waals surface area contributed by atoms with E-state index in [1.54, 1.807) is 36.4 Å². The second kappa shape index (κ2) is 9.50. The number of benzene rings is 4. The number of fused-ring (bicyclic) bond motifs is 1. The molecule has 4 aromatic rings. The number of rotatable bonds is 2. The van der Waals surface area contributed by atoms with Crippen LogP contribution < -0.4 is 0 Å². The van der Waals surface area contributed by atoms with Crippen LogP contribution in [0.15, 0.2) is 84.9 Å². The molecule has 0 aliphatic heterocycles. The van der Waals surface area contributed by atoms with Gasteiger partial charge in [-0.25, -0.2) is 0 Å². The third-order valence-electron chi connectivity index (χ3n) is 5.62. The zero-order valence-corrected chi connectivity index (χ0v) is 18.1. The summed E-state index contributed by atoms with van der Waals surface area (Å²) in [7, 11) is 0. The van der Waals surface area contributed by atoms with E-state index in [4.69, 9.17) is 10.2 Å². The van der Waals surface area contributed by atoms with E-state index in [-0.39, 0.29) is 40.4 Å². The van der Waals surface area contributed by atoms with Crippen molar-refractivity contribution in [2.75, 3.05) is 0 Å². The van der Waals surface area contributed by atoms with E-state index in [0.717, 1.165) is 27.8 Å². The maximum atomic E-state index is 10.4. The molecule has 0 amide bonds. The number of hydrogen-bond acceptors (Lipinski definition) is 6. The summed E-state index contributed by atoms with van der Waals surface area (Å²) in [6, 6.07) is 22.7. The van der Waals surface area contributed by atoms with Crippen molar-refractivity contribution in [1.29, 1.82) is 0 Å². The Labute approximate surface area is 196 Å². The number of phenolic OH excluding ortho intramolecular Hbond substituents is 6. The molecule has 6 nitrogen and oxygen atoms in total. The molecule has 34 heavy (non-hydrogen) atoms. The molecule has 0 unspecified atom stereocenters. The van der Waals surface area contributed by atoms with Crippen LogP contribution in [-0.4, -0.2) is 30.6 Å². The number of aromatic hydroxyl groups is 6. The molecule has 0 saturated heterocycles. The van der Waals surface area contributed by atoms with E-state index in [0.29, 0.717) is 6.42 Å². The van der Waals surface area contributed by atoms with Crippen molar-refractivity contribution in [2.45, 2.75) is 12.3 Å². The monoisotopic (exact) mass is 456 g/mol. The van der Waals surface area contributed by atoms with Gasteiger partial charge in [-0.05, 0) is 71.1 Å². The van der Waals surface area contributed by atoms with E-state index in [9.17, 15) is 20.4 Å². The van der Waals surface area contributed by atoms with Crippen LogP contribution in [0.1, 0.15) is 34.6 Å². The van der Waals surface area contributed by atoms with Gasteiger partial charge in [-0.1, -0.05) is 36.4 Å². The van der Waals surface area contributed by atoms with Crippen molar-refractivity contribution in [3.05, 3.63) is 107 Å². The SMILES string of the molecule is Oc1ccc(/C=C2\C[C@H](c3ccc(O)cc3)c3c(O)cc(O)cc32)cc1.Oc1cccc(O)c1. The lowest BCUT2D eigenvalue weighted by Crippen LogP contribution is -1.96. The lowest BCUT2D eigenvalue weighted by molar-refractivity contribution is 0.445. The third kappa shape index (κ3) is 5.07. The average molecular weight is 456 g/mol. The Bertz CT molecular complexity index is 1310. The van der Waals surface area contributed by atoms with E-state index < -0.39 is 0 Å². The zero-order valence-electron chi connectivity index (χ0n) is 18.1. The summed E-state index contributed by atoms with van der Waals surface area (Å²) in [6.45, 7) is 0. The maximum Gasteiger partial charge on any atom is 0.123 e. The molecule has 4 aromatic carbocycles.